The molecule has 2 aliphatic carbocycles. The molecule has 0 radical (unpaired) electrons. The van der Waals surface area contributed by atoms with Gasteiger partial charge in [-0.1, -0.05) is 39.4 Å². The van der Waals surface area contributed by atoms with E-state index in [1.165, 1.54) is 31.3 Å². The Morgan fingerprint density at radius 3 is 2.37 bits per heavy atom. The van der Waals surface area contributed by atoms with E-state index < -0.39 is 61.8 Å². The molecule has 1 saturated heterocycles. The van der Waals surface area contributed by atoms with Gasteiger partial charge in [-0.05, 0) is 43.9 Å². The van der Waals surface area contributed by atoms with Gasteiger partial charge in [-0.15, -0.1) is 5.54 Å². The van der Waals surface area contributed by atoms with Gasteiger partial charge in [0.1, 0.15) is 26.2 Å². The fourth-order valence-corrected chi connectivity index (χ4v) is 7.23. The highest BCUT2D eigenvalue weighted by molar-refractivity contribution is 6.83. The molecule has 6 atom stereocenters. The summed E-state index contributed by atoms with van der Waals surface area (Å²) < 4.78 is 51.6. The molecule has 3 aliphatic rings. The average molecular weight is 699 g/mol. The largest absolute Gasteiger partial charge is 0.480 e. The summed E-state index contributed by atoms with van der Waals surface area (Å²) >= 11 is 0. The highest BCUT2D eigenvalue weighted by atomic mass is 28.3. The Morgan fingerprint density at radius 1 is 1.12 bits per heavy atom. The Hall–Kier alpha value is -4.21. The standard InChI is InChI=1S/C34H41F3N6O5Si/c1-18(48-33(4)10-11-33)26(42-31(46)34(35,36)37)30(45)43-17-22-25(32(22,2)3)27(43)28(44)41-23(13-38)21-16-39-14-19-15-40-29(47-5)20(24(19)21)9-12-49(6,7)8/h14-16,18,22-23,25-27H,10-11,17H2,1-8H3,(H,41,44)(H,42,46)/t18-,22+,23?,25+,26+,27+/m1/s1. The number of nitrogens with zero attached hydrogens (tertiary/aromatic N) is 4. The monoisotopic (exact) mass is 698 g/mol. The van der Waals surface area contributed by atoms with Crippen LogP contribution in [0.2, 0.25) is 19.6 Å². The topological polar surface area (TPSA) is 147 Å². The number of rotatable bonds is 9. The summed E-state index contributed by atoms with van der Waals surface area (Å²) in [5, 5.41) is 16.1. The Bertz CT molecular complexity index is 1790. The Balaban J connectivity index is 1.49. The minimum Gasteiger partial charge on any atom is -0.480 e. The first-order chi connectivity index (χ1) is 22.7. The summed E-state index contributed by atoms with van der Waals surface area (Å²) in [5.41, 5.74) is 3.11. The lowest BCUT2D eigenvalue weighted by molar-refractivity contribution is -0.177. The third-order valence-corrected chi connectivity index (χ3v) is 10.6. The molecule has 11 nitrogen and oxygen atoms in total. The van der Waals surface area contributed by atoms with Crippen LogP contribution in [0.4, 0.5) is 13.2 Å². The molecule has 1 aliphatic heterocycles. The maximum absolute atomic E-state index is 14.2. The van der Waals surface area contributed by atoms with Gasteiger partial charge < -0.3 is 25.0 Å². The number of pyridine rings is 2. The van der Waals surface area contributed by atoms with Gasteiger partial charge in [-0.2, -0.15) is 18.4 Å². The number of carbonyl (C=O) groups is 3. The molecule has 0 aromatic carbocycles. The minimum atomic E-state index is -5.24. The number of hydrogen-bond donors (Lipinski definition) is 2. The van der Waals surface area contributed by atoms with E-state index >= 15 is 0 Å². The first-order valence-corrected chi connectivity index (χ1v) is 19.6. The molecular formula is C34H41F3N6O5Si. The lowest BCUT2D eigenvalue weighted by atomic mass is 9.97. The van der Waals surface area contributed by atoms with E-state index in [4.69, 9.17) is 9.47 Å². The zero-order chi connectivity index (χ0) is 36.3. The predicted octanol–water partition coefficient (Wildman–Crippen LogP) is 4.04. The number of amides is 3. The number of alkyl halides is 3. The summed E-state index contributed by atoms with van der Waals surface area (Å²) in [5.74, 6) is -0.828. The number of fused-ring (bicyclic) bond motifs is 2. The second-order valence-electron chi connectivity index (χ2n) is 15.0. The molecule has 5 rings (SSSR count). The molecule has 2 aromatic rings. The number of aromatic nitrogens is 2. The van der Waals surface area contributed by atoms with Crippen molar-refractivity contribution in [1.82, 2.24) is 25.5 Å². The third kappa shape index (κ3) is 7.24. The first kappa shape index (κ1) is 36.1. The van der Waals surface area contributed by atoms with Crippen LogP contribution in [0.1, 0.15) is 57.7 Å². The van der Waals surface area contributed by atoms with E-state index in [2.05, 4.69) is 52.5 Å². The third-order valence-electron chi connectivity index (χ3n) is 9.74. The molecule has 262 valence electrons. The molecule has 49 heavy (non-hydrogen) atoms. The van der Waals surface area contributed by atoms with Crippen molar-refractivity contribution in [2.75, 3.05) is 13.7 Å². The van der Waals surface area contributed by atoms with Gasteiger partial charge in [0.2, 0.25) is 17.7 Å². The maximum atomic E-state index is 14.2. The van der Waals surface area contributed by atoms with Crippen molar-refractivity contribution >= 4 is 36.6 Å². The molecule has 0 bridgehead atoms. The van der Waals surface area contributed by atoms with Crippen molar-refractivity contribution in [3.8, 4) is 23.4 Å². The fourth-order valence-electron chi connectivity index (χ4n) is 6.73. The molecule has 0 spiro atoms. The predicted molar refractivity (Wildman–Crippen MR) is 175 cm³/mol. The Labute approximate surface area is 284 Å². The fraction of sp³-hybridized carbons (Fsp3) is 0.588. The first-order valence-electron chi connectivity index (χ1n) is 16.1. The minimum absolute atomic E-state index is 0.0866. The molecule has 3 fully saturated rings. The van der Waals surface area contributed by atoms with Crippen LogP contribution < -0.4 is 15.4 Å². The van der Waals surface area contributed by atoms with E-state index in [9.17, 15) is 32.8 Å². The quantitative estimate of drug-likeness (QED) is 0.295. The number of piperidine rings is 1. The smallest absolute Gasteiger partial charge is 0.471 e. The molecular weight excluding hydrogens is 657 g/mol. The number of carbonyl (C=O) groups excluding carboxylic acids is 3. The molecule has 3 heterocycles. The van der Waals surface area contributed by atoms with Crippen molar-refractivity contribution in [3.63, 3.8) is 0 Å². The normalized spacial score (nSPS) is 23.6. The van der Waals surface area contributed by atoms with Gasteiger partial charge in [0.25, 0.3) is 0 Å². The van der Waals surface area contributed by atoms with Gasteiger partial charge in [0.05, 0.1) is 30.4 Å². The number of nitrogens with one attached hydrogen (secondary N) is 2. The van der Waals surface area contributed by atoms with Gasteiger partial charge in [0, 0.05) is 41.5 Å². The number of methoxy groups -OCH3 is 1. The van der Waals surface area contributed by atoms with Gasteiger partial charge >= 0.3 is 12.1 Å². The van der Waals surface area contributed by atoms with Crippen molar-refractivity contribution < 1.29 is 37.0 Å². The molecule has 3 amide bonds. The second-order valence-corrected chi connectivity index (χ2v) is 19.8. The summed E-state index contributed by atoms with van der Waals surface area (Å²) in [7, 11) is -0.416. The van der Waals surface area contributed by atoms with Crippen molar-refractivity contribution in [1.29, 1.82) is 5.26 Å². The summed E-state index contributed by atoms with van der Waals surface area (Å²) in [4.78, 5) is 50.2. The molecule has 2 aromatic heterocycles. The van der Waals surface area contributed by atoms with Crippen LogP contribution in [0.15, 0.2) is 18.6 Å². The van der Waals surface area contributed by atoms with Crippen LogP contribution in [0.3, 0.4) is 0 Å². The van der Waals surface area contributed by atoms with E-state index in [1.807, 2.05) is 19.2 Å². The van der Waals surface area contributed by atoms with Crippen molar-refractivity contribution in [2.45, 2.75) is 96.2 Å². The van der Waals surface area contributed by atoms with E-state index in [0.29, 0.717) is 34.7 Å². The Morgan fingerprint density at radius 2 is 1.80 bits per heavy atom. The Kier molecular flexibility index (Phi) is 9.27. The zero-order valence-electron chi connectivity index (χ0n) is 28.8. The van der Waals surface area contributed by atoms with Crippen LogP contribution in [-0.2, 0) is 19.1 Å². The summed E-state index contributed by atoms with van der Waals surface area (Å²) in [6.07, 6.45) is -0.483. The van der Waals surface area contributed by atoms with Gasteiger partial charge in [0.15, 0.2) is 0 Å². The lowest BCUT2D eigenvalue weighted by Gasteiger charge is -2.35. The van der Waals surface area contributed by atoms with Gasteiger partial charge in [-0.25, -0.2) is 4.98 Å². The van der Waals surface area contributed by atoms with Crippen LogP contribution in [0.25, 0.3) is 10.8 Å². The van der Waals surface area contributed by atoms with Crippen molar-refractivity contribution in [3.05, 3.63) is 29.7 Å². The van der Waals surface area contributed by atoms with Crippen molar-refractivity contribution in [2.24, 2.45) is 17.3 Å². The van der Waals surface area contributed by atoms with Crippen LogP contribution in [0.5, 0.6) is 5.88 Å². The maximum Gasteiger partial charge on any atom is 0.471 e. The molecule has 15 heteroatoms. The number of nitriles is 1. The molecule has 2 saturated carbocycles. The lowest BCUT2D eigenvalue weighted by Crippen LogP contribution is -2.60. The number of hydrogen-bond acceptors (Lipinski definition) is 8. The van der Waals surface area contributed by atoms with E-state index in [1.54, 1.807) is 13.1 Å². The second kappa shape index (κ2) is 12.6. The number of likely N-dealkylation sites (tertiary alicyclic amines) is 1. The summed E-state index contributed by atoms with van der Waals surface area (Å²) in [6.45, 7) is 13.4. The highest BCUT2D eigenvalue weighted by Gasteiger charge is 2.70. The van der Waals surface area contributed by atoms with Crippen LogP contribution in [-0.4, -0.2) is 84.3 Å². The molecule has 1 unspecified atom stereocenters. The summed E-state index contributed by atoms with van der Waals surface area (Å²) in [6, 6.07) is -1.94. The zero-order valence-corrected chi connectivity index (χ0v) is 29.8. The van der Waals surface area contributed by atoms with Gasteiger partial charge in [-0.3, -0.25) is 19.4 Å². The van der Waals surface area contributed by atoms with E-state index in [-0.39, 0.29) is 29.7 Å². The molecule has 2 N–H and O–H groups in total. The SMILES string of the molecule is COc1ncc2cncc(C(C#N)NC(=O)[C@@H]3[C@@H]4[C@H](CN3C(=O)[C@@H](NC(=O)C(F)(F)F)[C@@H](C)OC3(C)CC3)C4(C)C)c2c1C#C[Si](C)(C)C. The van der Waals surface area contributed by atoms with Crippen LogP contribution in [0, 0.1) is 40.0 Å². The number of halogens is 3. The average Bonchev–Trinajstić information content (AvgIpc) is 3.78. The highest BCUT2D eigenvalue weighted by Crippen LogP contribution is 2.65. The number of ether oxygens (including phenoxy) is 2. The van der Waals surface area contributed by atoms with Crippen LogP contribution >= 0.6 is 0 Å². The van der Waals surface area contributed by atoms with E-state index in [0.717, 1.165) is 0 Å².